The molecule has 5 N–H and O–H groups in total. The summed E-state index contributed by atoms with van der Waals surface area (Å²) in [5.74, 6) is 0. The molecule has 0 aliphatic heterocycles. The van der Waals surface area contributed by atoms with Gasteiger partial charge in [-0.15, -0.1) is 0 Å². The molecule has 0 bridgehead atoms. The summed E-state index contributed by atoms with van der Waals surface area (Å²) < 4.78 is 0. The second kappa shape index (κ2) is 7.40. The van der Waals surface area contributed by atoms with E-state index in [1.54, 1.807) is 0 Å². The fourth-order valence-electron chi connectivity index (χ4n) is 1.48. The number of benzene rings is 1. The van der Waals surface area contributed by atoms with Crippen LogP contribution in [0.1, 0.15) is 18.4 Å². The average Bonchev–Trinajstić information content (AvgIpc) is 2.34. The van der Waals surface area contributed by atoms with Crippen LogP contribution in [0.2, 0.25) is 0 Å². The van der Waals surface area contributed by atoms with Crippen molar-refractivity contribution in [3.05, 3.63) is 35.9 Å². The van der Waals surface area contributed by atoms with Gasteiger partial charge in [0.2, 0.25) is 0 Å². The highest BCUT2D eigenvalue weighted by Gasteiger charge is 1.99. The minimum atomic E-state index is -0.668. The smallest absolute Gasteiger partial charge is 0.332 e. The van der Waals surface area contributed by atoms with Crippen LogP contribution in [0.5, 0.6) is 0 Å². The van der Waals surface area contributed by atoms with Crippen LogP contribution in [-0.4, -0.2) is 18.3 Å². The molecule has 1 aromatic carbocycles. The van der Waals surface area contributed by atoms with Gasteiger partial charge in [-0.25, -0.2) is 10.2 Å². The Bertz CT molecular complexity index is 375. The molecule has 0 unspecified atom stereocenters. The van der Waals surface area contributed by atoms with Gasteiger partial charge in [0.1, 0.15) is 0 Å². The second-order valence-electron chi connectivity index (χ2n) is 3.70. The van der Waals surface area contributed by atoms with Gasteiger partial charge in [-0.3, -0.25) is 0 Å². The topological polar surface area (TPSA) is 93.5 Å². The van der Waals surface area contributed by atoms with Crippen molar-refractivity contribution in [2.24, 2.45) is 16.6 Å². The molecule has 0 spiro atoms. The molecule has 0 radical (unpaired) electrons. The van der Waals surface area contributed by atoms with E-state index in [2.05, 4.69) is 22.7 Å². The lowest BCUT2D eigenvalue weighted by Crippen LogP contribution is -2.27. The maximum atomic E-state index is 10.5. The molecule has 0 heterocycles. The number of urea groups is 1. The van der Waals surface area contributed by atoms with E-state index in [1.807, 2.05) is 18.2 Å². The second-order valence-corrected chi connectivity index (χ2v) is 3.70. The number of amides is 2. The number of rotatable bonds is 6. The summed E-state index contributed by atoms with van der Waals surface area (Å²) in [6.07, 6.45) is 2.67. The van der Waals surface area contributed by atoms with E-state index in [1.165, 1.54) is 5.56 Å². The molecule has 2 amide bonds. The molecule has 17 heavy (non-hydrogen) atoms. The Balaban J connectivity index is 2.33. The predicted octanol–water partition coefficient (Wildman–Crippen LogP) is 0.992. The Labute approximate surface area is 101 Å². The first-order valence-electron chi connectivity index (χ1n) is 5.57. The van der Waals surface area contributed by atoms with Gasteiger partial charge < -0.3 is 11.5 Å². The Morgan fingerprint density at radius 2 is 2.00 bits per heavy atom. The van der Waals surface area contributed by atoms with Crippen molar-refractivity contribution in [3.8, 4) is 0 Å². The summed E-state index contributed by atoms with van der Waals surface area (Å²) in [4.78, 5) is 10.5. The van der Waals surface area contributed by atoms with Crippen LogP contribution in [0.4, 0.5) is 4.79 Å². The molecule has 5 nitrogen and oxygen atoms in total. The first-order valence-corrected chi connectivity index (χ1v) is 5.57. The van der Waals surface area contributed by atoms with Crippen LogP contribution in [-0.2, 0) is 6.42 Å². The average molecular weight is 234 g/mol. The Morgan fingerprint density at radius 1 is 1.29 bits per heavy atom. The zero-order chi connectivity index (χ0) is 12.5. The van der Waals surface area contributed by atoms with E-state index in [4.69, 9.17) is 11.5 Å². The van der Waals surface area contributed by atoms with Crippen molar-refractivity contribution < 1.29 is 4.79 Å². The molecule has 0 aliphatic rings. The number of nitrogens with zero attached hydrogens (tertiary/aromatic N) is 1. The molecular formula is C12H18N4O. The number of nitrogens with two attached hydrogens (primary N) is 2. The summed E-state index contributed by atoms with van der Waals surface area (Å²) >= 11 is 0. The highest BCUT2D eigenvalue weighted by molar-refractivity contribution is 5.87. The van der Waals surface area contributed by atoms with Crippen molar-refractivity contribution in [2.45, 2.75) is 19.3 Å². The van der Waals surface area contributed by atoms with Gasteiger partial charge in [0.05, 0.1) is 5.71 Å². The van der Waals surface area contributed by atoms with E-state index in [0.29, 0.717) is 6.54 Å². The molecule has 0 atom stereocenters. The summed E-state index contributed by atoms with van der Waals surface area (Å²) in [6, 6.07) is 9.53. The van der Waals surface area contributed by atoms with E-state index in [9.17, 15) is 4.79 Å². The maximum Gasteiger partial charge on any atom is 0.332 e. The van der Waals surface area contributed by atoms with E-state index < -0.39 is 6.03 Å². The third-order valence-corrected chi connectivity index (χ3v) is 2.33. The summed E-state index contributed by atoms with van der Waals surface area (Å²) in [7, 11) is 0. The van der Waals surface area contributed by atoms with Crippen molar-refractivity contribution in [1.29, 1.82) is 0 Å². The Morgan fingerprint density at radius 3 is 2.59 bits per heavy atom. The van der Waals surface area contributed by atoms with Gasteiger partial charge in [-0.2, -0.15) is 5.10 Å². The first kappa shape index (κ1) is 13.2. The molecule has 1 aromatic rings. The van der Waals surface area contributed by atoms with Crippen molar-refractivity contribution in [1.82, 2.24) is 5.43 Å². The van der Waals surface area contributed by atoms with Crippen LogP contribution in [0.15, 0.2) is 35.4 Å². The number of hydrogen-bond acceptors (Lipinski definition) is 3. The minimum absolute atomic E-state index is 0.328. The lowest BCUT2D eigenvalue weighted by atomic mass is 10.1. The standard InChI is InChI=1S/C12H18N4O/c13-9-11(15-16-12(14)17)8-4-7-10-5-2-1-3-6-10/h1-3,5-6H,4,7-9,13H2,(H3,14,16,17)/b15-11-. The van der Waals surface area contributed by atoms with E-state index in [-0.39, 0.29) is 0 Å². The monoisotopic (exact) mass is 234 g/mol. The number of hydrogen-bond donors (Lipinski definition) is 3. The van der Waals surface area contributed by atoms with Gasteiger partial charge in [-0.05, 0) is 24.8 Å². The highest BCUT2D eigenvalue weighted by Crippen LogP contribution is 2.04. The lowest BCUT2D eigenvalue weighted by Gasteiger charge is -2.04. The number of primary amides is 1. The van der Waals surface area contributed by atoms with Crippen LogP contribution in [0, 0.1) is 0 Å². The van der Waals surface area contributed by atoms with Gasteiger partial charge in [-0.1, -0.05) is 30.3 Å². The van der Waals surface area contributed by atoms with Crippen LogP contribution in [0.25, 0.3) is 0 Å². The normalized spacial score (nSPS) is 11.2. The van der Waals surface area contributed by atoms with E-state index in [0.717, 1.165) is 25.0 Å². The van der Waals surface area contributed by atoms with Gasteiger partial charge in [0.15, 0.2) is 0 Å². The Hall–Kier alpha value is -1.88. The zero-order valence-electron chi connectivity index (χ0n) is 9.73. The van der Waals surface area contributed by atoms with Gasteiger partial charge in [0, 0.05) is 6.54 Å². The summed E-state index contributed by atoms with van der Waals surface area (Å²) in [5, 5.41) is 3.84. The zero-order valence-corrected chi connectivity index (χ0v) is 9.73. The fourth-order valence-corrected chi connectivity index (χ4v) is 1.48. The van der Waals surface area contributed by atoms with Crippen LogP contribution >= 0.6 is 0 Å². The van der Waals surface area contributed by atoms with Crippen molar-refractivity contribution in [2.75, 3.05) is 6.54 Å². The number of carbonyl (C=O) groups is 1. The summed E-state index contributed by atoms with van der Waals surface area (Å²) in [5.41, 5.74) is 14.7. The third-order valence-electron chi connectivity index (χ3n) is 2.33. The molecule has 1 rings (SSSR count). The molecule has 0 saturated heterocycles. The third kappa shape index (κ3) is 5.67. The quantitative estimate of drug-likeness (QED) is 0.506. The molecule has 5 heteroatoms. The number of aryl methyl sites for hydroxylation is 1. The van der Waals surface area contributed by atoms with Crippen molar-refractivity contribution in [3.63, 3.8) is 0 Å². The van der Waals surface area contributed by atoms with Crippen LogP contribution in [0.3, 0.4) is 0 Å². The predicted molar refractivity (Wildman–Crippen MR) is 68.6 cm³/mol. The maximum absolute atomic E-state index is 10.5. The van der Waals surface area contributed by atoms with Gasteiger partial charge in [0.25, 0.3) is 0 Å². The molecule has 0 saturated carbocycles. The largest absolute Gasteiger partial charge is 0.350 e. The Kier molecular flexibility index (Phi) is 5.74. The lowest BCUT2D eigenvalue weighted by molar-refractivity contribution is 0.249. The van der Waals surface area contributed by atoms with Crippen molar-refractivity contribution >= 4 is 11.7 Å². The first-order chi connectivity index (χ1) is 8.22. The highest BCUT2D eigenvalue weighted by atomic mass is 16.2. The minimum Gasteiger partial charge on any atom is -0.350 e. The fraction of sp³-hybridized carbons (Fsp3) is 0.333. The number of carbonyl (C=O) groups excluding carboxylic acids is 1. The number of hydrazone groups is 1. The number of nitrogens with one attached hydrogen (secondary N) is 1. The van der Waals surface area contributed by atoms with Crippen LogP contribution < -0.4 is 16.9 Å². The molecular weight excluding hydrogens is 216 g/mol. The molecule has 92 valence electrons. The van der Waals surface area contributed by atoms with E-state index >= 15 is 0 Å². The molecule has 0 aliphatic carbocycles. The van der Waals surface area contributed by atoms with Gasteiger partial charge >= 0.3 is 6.03 Å². The summed E-state index contributed by atoms with van der Waals surface area (Å²) in [6.45, 7) is 0.328. The molecule has 0 aromatic heterocycles. The molecule has 0 fully saturated rings. The SMILES string of the molecule is NC/C(CCCc1ccccc1)=N\NC(N)=O.